The minimum absolute atomic E-state index is 0.272. The van der Waals surface area contributed by atoms with E-state index in [4.69, 9.17) is 14.7 Å². The van der Waals surface area contributed by atoms with Crippen molar-refractivity contribution in [2.45, 2.75) is 13.0 Å². The Hall–Kier alpha value is -2.47. The van der Waals surface area contributed by atoms with Gasteiger partial charge in [0.05, 0.1) is 25.2 Å². The molecule has 0 heterocycles. The molecule has 0 aromatic heterocycles. The fourth-order valence-electron chi connectivity index (χ4n) is 1.86. The smallest absolute Gasteiger partial charge is 0.127 e. The summed E-state index contributed by atoms with van der Waals surface area (Å²) in [6, 6.07) is 17.6. The fraction of sp³-hybridized carbons (Fsp3) is 0.188. The highest BCUT2D eigenvalue weighted by Gasteiger charge is 2.09. The zero-order valence-corrected chi connectivity index (χ0v) is 10.8. The van der Waals surface area contributed by atoms with Crippen molar-refractivity contribution in [2.24, 2.45) is 0 Å². The van der Waals surface area contributed by atoms with Crippen LogP contribution in [0.5, 0.6) is 11.5 Å². The third-order valence-corrected chi connectivity index (χ3v) is 2.80. The van der Waals surface area contributed by atoms with E-state index in [1.54, 1.807) is 7.11 Å². The average molecular weight is 253 g/mol. The standard InChI is InChI=1S/C16H15NO2/c1-18-15-8-5-9-16(14(15)10-11-17)19-12-13-6-3-2-4-7-13/h2-9H,10,12H2,1H3. The first-order valence-corrected chi connectivity index (χ1v) is 6.04. The number of nitriles is 1. The molecule has 0 aliphatic rings. The van der Waals surface area contributed by atoms with E-state index in [-0.39, 0.29) is 6.42 Å². The molecule has 0 saturated heterocycles. The quantitative estimate of drug-likeness (QED) is 0.820. The molecule has 0 atom stereocenters. The van der Waals surface area contributed by atoms with Gasteiger partial charge in [0.15, 0.2) is 0 Å². The summed E-state index contributed by atoms with van der Waals surface area (Å²) in [6.07, 6.45) is 0.272. The molecule has 0 saturated carbocycles. The molecule has 0 unspecified atom stereocenters. The molecule has 0 aliphatic heterocycles. The maximum Gasteiger partial charge on any atom is 0.127 e. The lowest BCUT2D eigenvalue weighted by Crippen LogP contribution is -2.00. The number of benzene rings is 2. The van der Waals surface area contributed by atoms with E-state index >= 15 is 0 Å². The zero-order valence-electron chi connectivity index (χ0n) is 10.8. The first-order valence-electron chi connectivity index (χ1n) is 6.04. The Bertz CT molecular complexity index is 573. The normalized spacial score (nSPS) is 9.68. The largest absolute Gasteiger partial charge is 0.496 e. The Morgan fingerprint density at radius 1 is 1.00 bits per heavy atom. The lowest BCUT2D eigenvalue weighted by molar-refractivity contribution is 0.300. The second-order valence-electron chi connectivity index (χ2n) is 4.05. The summed E-state index contributed by atoms with van der Waals surface area (Å²) in [5, 5.41) is 8.89. The SMILES string of the molecule is COc1cccc(OCc2ccccc2)c1CC#N. The highest BCUT2D eigenvalue weighted by molar-refractivity contribution is 5.46. The van der Waals surface area contributed by atoms with Crippen LogP contribution in [0.1, 0.15) is 11.1 Å². The lowest BCUT2D eigenvalue weighted by Gasteiger charge is -2.13. The van der Waals surface area contributed by atoms with Crippen LogP contribution in [0.2, 0.25) is 0 Å². The van der Waals surface area contributed by atoms with Gasteiger partial charge in [0, 0.05) is 0 Å². The predicted octanol–water partition coefficient (Wildman–Crippen LogP) is 3.34. The maximum atomic E-state index is 8.89. The fourth-order valence-corrected chi connectivity index (χ4v) is 1.86. The number of hydrogen-bond donors (Lipinski definition) is 0. The molecule has 2 aromatic rings. The van der Waals surface area contributed by atoms with Crippen molar-refractivity contribution in [2.75, 3.05) is 7.11 Å². The van der Waals surface area contributed by atoms with Gasteiger partial charge < -0.3 is 9.47 Å². The molecule has 0 N–H and O–H groups in total. The molecule has 0 bridgehead atoms. The summed E-state index contributed by atoms with van der Waals surface area (Å²) in [7, 11) is 1.59. The monoisotopic (exact) mass is 253 g/mol. The van der Waals surface area contributed by atoms with Crippen LogP contribution >= 0.6 is 0 Å². The lowest BCUT2D eigenvalue weighted by atomic mass is 10.1. The number of rotatable bonds is 5. The summed E-state index contributed by atoms with van der Waals surface area (Å²) in [6.45, 7) is 0.479. The third kappa shape index (κ3) is 3.26. The van der Waals surface area contributed by atoms with Gasteiger partial charge in [-0.05, 0) is 17.7 Å². The van der Waals surface area contributed by atoms with Crippen LogP contribution in [-0.2, 0) is 13.0 Å². The first-order chi connectivity index (χ1) is 9.35. The molecule has 96 valence electrons. The van der Waals surface area contributed by atoms with Gasteiger partial charge in [-0.2, -0.15) is 5.26 Å². The first kappa shape index (κ1) is 13.0. The van der Waals surface area contributed by atoms with Crippen molar-refractivity contribution in [3.63, 3.8) is 0 Å². The predicted molar refractivity (Wildman–Crippen MR) is 73.1 cm³/mol. The van der Waals surface area contributed by atoms with Gasteiger partial charge in [-0.1, -0.05) is 36.4 Å². The maximum absolute atomic E-state index is 8.89. The van der Waals surface area contributed by atoms with Crippen LogP contribution < -0.4 is 9.47 Å². The van der Waals surface area contributed by atoms with Gasteiger partial charge in [-0.3, -0.25) is 0 Å². The van der Waals surface area contributed by atoms with Crippen molar-refractivity contribution in [1.82, 2.24) is 0 Å². The number of ether oxygens (including phenoxy) is 2. The molecule has 0 fully saturated rings. The van der Waals surface area contributed by atoms with Crippen LogP contribution in [0.15, 0.2) is 48.5 Å². The summed E-state index contributed by atoms with van der Waals surface area (Å²) in [5.74, 6) is 1.39. The molecule has 0 spiro atoms. The van der Waals surface area contributed by atoms with Gasteiger partial charge in [0.1, 0.15) is 18.1 Å². The Kier molecular flexibility index (Phi) is 4.41. The van der Waals surface area contributed by atoms with Crippen LogP contribution in [-0.4, -0.2) is 7.11 Å². The minimum Gasteiger partial charge on any atom is -0.496 e. The molecule has 2 aromatic carbocycles. The third-order valence-electron chi connectivity index (χ3n) is 2.80. The van der Waals surface area contributed by atoms with E-state index in [9.17, 15) is 0 Å². The van der Waals surface area contributed by atoms with Crippen LogP contribution in [0, 0.1) is 11.3 Å². The van der Waals surface area contributed by atoms with Gasteiger partial charge in [-0.25, -0.2) is 0 Å². The Morgan fingerprint density at radius 3 is 2.42 bits per heavy atom. The molecule has 0 aliphatic carbocycles. The van der Waals surface area contributed by atoms with Gasteiger partial charge >= 0.3 is 0 Å². The second-order valence-corrected chi connectivity index (χ2v) is 4.05. The van der Waals surface area contributed by atoms with Crippen molar-refractivity contribution < 1.29 is 9.47 Å². The zero-order chi connectivity index (χ0) is 13.5. The van der Waals surface area contributed by atoms with E-state index in [1.807, 2.05) is 48.5 Å². The van der Waals surface area contributed by atoms with Crippen molar-refractivity contribution in [1.29, 1.82) is 5.26 Å². The number of nitrogens with zero attached hydrogens (tertiary/aromatic N) is 1. The average Bonchev–Trinajstić information content (AvgIpc) is 2.47. The van der Waals surface area contributed by atoms with Crippen LogP contribution in [0.3, 0.4) is 0 Å². The van der Waals surface area contributed by atoms with Gasteiger partial charge in [-0.15, -0.1) is 0 Å². The highest BCUT2D eigenvalue weighted by atomic mass is 16.5. The van der Waals surface area contributed by atoms with Gasteiger partial charge in [0.25, 0.3) is 0 Å². The van der Waals surface area contributed by atoms with Gasteiger partial charge in [0.2, 0.25) is 0 Å². The van der Waals surface area contributed by atoms with Crippen LogP contribution in [0.25, 0.3) is 0 Å². The molecular formula is C16H15NO2. The Labute approximate surface area is 113 Å². The van der Waals surface area contributed by atoms with E-state index in [1.165, 1.54) is 0 Å². The Balaban J connectivity index is 2.18. The number of hydrogen-bond acceptors (Lipinski definition) is 3. The molecule has 19 heavy (non-hydrogen) atoms. The van der Waals surface area contributed by atoms with Crippen LogP contribution in [0.4, 0.5) is 0 Å². The summed E-state index contributed by atoms with van der Waals surface area (Å²) in [5.41, 5.74) is 1.89. The van der Waals surface area contributed by atoms with E-state index in [0.717, 1.165) is 11.1 Å². The molecule has 2 rings (SSSR count). The molecule has 0 amide bonds. The molecule has 3 nitrogen and oxygen atoms in total. The molecule has 3 heteroatoms. The van der Waals surface area contributed by atoms with Crippen molar-refractivity contribution in [3.8, 4) is 17.6 Å². The summed E-state index contributed by atoms with van der Waals surface area (Å²) in [4.78, 5) is 0. The summed E-state index contributed by atoms with van der Waals surface area (Å²) < 4.78 is 11.0. The Morgan fingerprint density at radius 2 is 1.74 bits per heavy atom. The molecular weight excluding hydrogens is 238 g/mol. The summed E-state index contributed by atoms with van der Waals surface area (Å²) >= 11 is 0. The van der Waals surface area contributed by atoms with E-state index in [0.29, 0.717) is 18.1 Å². The highest BCUT2D eigenvalue weighted by Crippen LogP contribution is 2.29. The van der Waals surface area contributed by atoms with E-state index in [2.05, 4.69) is 6.07 Å². The molecule has 0 radical (unpaired) electrons. The number of methoxy groups -OCH3 is 1. The van der Waals surface area contributed by atoms with E-state index < -0.39 is 0 Å². The second kappa shape index (κ2) is 6.46. The minimum atomic E-state index is 0.272. The van der Waals surface area contributed by atoms with Crippen molar-refractivity contribution in [3.05, 3.63) is 59.7 Å². The topological polar surface area (TPSA) is 42.2 Å². The van der Waals surface area contributed by atoms with Crippen molar-refractivity contribution >= 4 is 0 Å².